The predicted octanol–water partition coefficient (Wildman–Crippen LogP) is 2.51. The Bertz CT molecular complexity index is 1020. The van der Waals surface area contributed by atoms with Crippen LogP contribution in [0.25, 0.3) is 11.0 Å². The van der Waals surface area contributed by atoms with E-state index in [2.05, 4.69) is 0 Å². The molecule has 2 heterocycles. The summed E-state index contributed by atoms with van der Waals surface area (Å²) in [7, 11) is 1.56. The average Bonchev–Trinajstić information content (AvgIpc) is 2.71. The van der Waals surface area contributed by atoms with Gasteiger partial charge in [-0.15, -0.1) is 0 Å². The van der Waals surface area contributed by atoms with Crippen molar-refractivity contribution in [1.82, 2.24) is 9.80 Å². The number of ether oxygens (including phenoxy) is 1. The van der Waals surface area contributed by atoms with Gasteiger partial charge in [-0.1, -0.05) is 6.42 Å². The van der Waals surface area contributed by atoms with Gasteiger partial charge in [-0.05, 0) is 43.9 Å². The number of hydrogen-bond donors (Lipinski definition) is 0. The third-order valence-corrected chi connectivity index (χ3v) is 6.48. The molecule has 0 atom stereocenters. The summed E-state index contributed by atoms with van der Waals surface area (Å²) in [5.74, 6) is 1.08. The first kappa shape index (κ1) is 20.4. The standard InChI is InChI=1S/C23H28N2O5/c1-15-18-7-6-17(29-2)14-20(18)30-23(28)19(15)8-9-21(26)24-10-12-25(13-11-24)22(27)16-4-3-5-16/h6-7,14,16H,3-5,8-13H2,1-2H3. The van der Waals surface area contributed by atoms with Crippen molar-refractivity contribution in [2.45, 2.75) is 39.0 Å². The van der Waals surface area contributed by atoms with Crippen LogP contribution in [0.4, 0.5) is 0 Å². The van der Waals surface area contributed by atoms with Gasteiger partial charge in [0.2, 0.25) is 11.8 Å². The number of aryl methyl sites for hydroxylation is 1. The van der Waals surface area contributed by atoms with Crippen LogP contribution in [-0.2, 0) is 16.0 Å². The number of nitrogens with zero attached hydrogens (tertiary/aromatic N) is 2. The Hall–Kier alpha value is -2.83. The Kier molecular flexibility index (Phi) is 5.79. The quantitative estimate of drug-likeness (QED) is 0.705. The normalized spacial score (nSPS) is 17.1. The zero-order chi connectivity index (χ0) is 21.3. The molecule has 1 saturated heterocycles. The summed E-state index contributed by atoms with van der Waals surface area (Å²) in [6, 6.07) is 5.40. The molecule has 7 heteroatoms. The van der Waals surface area contributed by atoms with Gasteiger partial charge in [0.05, 0.1) is 7.11 Å². The maximum atomic E-state index is 12.7. The van der Waals surface area contributed by atoms with Crippen LogP contribution in [0.3, 0.4) is 0 Å². The molecule has 1 saturated carbocycles. The fourth-order valence-electron chi connectivity index (χ4n) is 4.27. The Morgan fingerprint density at radius 3 is 2.47 bits per heavy atom. The lowest BCUT2D eigenvalue weighted by molar-refractivity contribution is -0.144. The lowest BCUT2D eigenvalue weighted by Crippen LogP contribution is -2.52. The van der Waals surface area contributed by atoms with Gasteiger partial charge in [0.25, 0.3) is 0 Å². The molecule has 2 aromatic rings. The van der Waals surface area contributed by atoms with Crippen molar-refractivity contribution in [1.29, 1.82) is 0 Å². The molecule has 160 valence electrons. The highest BCUT2D eigenvalue weighted by Gasteiger charge is 2.32. The summed E-state index contributed by atoms with van der Waals surface area (Å²) < 4.78 is 10.7. The lowest BCUT2D eigenvalue weighted by Gasteiger charge is -2.38. The van der Waals surface area contributed by atoms with Crippen LogP contribution >= 0.6 is 0 Å². The summed E-state index contributed by atoms with van der Waals surface area (Å²) in [5, 5.41) is 0.848. The van der Waals surface area contributed by atoms with Crippen molar-refractivity contribution in [3.63, 3.8) is 0 Å². The number of rotatable bonds is 5. The maximum Gasteiger partial charge on any atom is 0.339 e. The van der Waals surface area contributed by atoms with Crippen LogP contribution in [-0.4, -0.2) is 54.9 Å². The molecule has 1 aromatic carbocycles. The van der Waals surface area contributed by atoms with Gasteiger partial charge < -0.3 is 19.0 Å². The largest absolute Gasteiger partial charge is 0.497 e. The van der Waals surface area contributed by atoms with Crippen molar-refractivity contribution in [3.8, 4) is 5.75 Å². The average molecular weight is 412 g/mol. The molecule has 1 aliphatic heterocycles. The first-order valence-electron chi connectivity index (χ1n) is 10.6. The minimum atomic E-state index is -0.406. The highest BCUT2D eigenvalue weighted by atomic mass is 16.5. The van der Waals surface area contributed by atoms with Crippen molar-refractivity contribution < 1.29 is 18.7 Å². The SMILES string of the molecule is COc1ccc2c(C)c(CCC(=O)N3CCN(C(=O)C4CCC4)CC3)c(=O)oc2c1. The van der Waals surface area contributed by atoms with Gasteiger partial charge in [0.1, 0.15) is 11.3 Å². The van der Waals surface area contributed by atoms with E-state index in [1.165, 1.54) is 0 Å². The summed E-state index contributed by atoms with van der Waals surface area (Å²) in [4.78, 5) is 41.2. The smallest absolute Gasteiger partial charge is 0.339 e. The summed E-state index contributed by atoms with van der Waals surface area (Å²) in [5.41, 5.74) is 1.46. The van der Waals surface area contributed by atoms with E-state index in [1.54, 1.807) is 18.1 Å². The molecule has 1 aliphatic carbocycles. The van der Waals surface area contributed by atoms with Crippen molar-refractivity contribution in [2.24, 2.45) is 5.92 Å². The van der Waals surface area contributed by atoms with E-state index < -0.39 is 5.63 Å². The van der Waals surface area contributed by atoms with E-state index in [-0.39, 0.29) is 24.2 Å². The van der Waals surface area contributed by atoms with E-state index in [0.717, 1.165) is 30.2 Å². The molecule has 0 radical (unpaired) electrons. The summed E-state index contributed by atoms with van der Waals surface area (Å²) in [6.45, 7) is 4.20. The molecule has 4 rings (SSSR count). The van der Waals surface area contributed by atoms with Gasteiger partial charge in [0.15, 0.2) is 0 Å². The van der Waals surface area contributed by atoms with Gasteiger partial charge in [-0.25, -0.2) is 4.79 Å². The van der Waals surface area contributed by atoms with Crippen LogP contribution in [0.2, 0.25) is 0 Å². The third kappa shape index (κ3) is 3.93. The Morgan fingerprint density at radius 2 is 1.83 bits per heavy atom. The summed E-state index contributed by atoms with van der Waals surface area (Å²) >= 11 is 0. The zero-order valence-corrected chi connectivity index (χ0v) is 17.6. The molecular weight excluding hydrogens is 384 g/mol. The molecule has 2 aliphatic rings. The second-order valence-electron chi connectivity index (χ2n) is 8.19. The number of hydrogen-bond acceptors (Lipinski definition) is 5. The third-order valence-electron chi connectivity index (χ3n) is 6.48. The number of fused-ring (bicyclic) bond motifs is 1. The minimum Gasteiger partial charge on any atom is -0.497 e. The number of carbonyl (C=O) groups is 2. The number of carbonyl (C=O) groups excluding carboxylic acids is 2. The minimum absolute atomic E-state index is 0.0133. The van der Waals surface area contributed by atoms with E-state index >= 15 is 0 Å². The molecular formula is C23H28N2O5. The number of amides is 2. The van der Waals surface area contributed by atoms with Crippen LogP contribution in [0.5, 0.6) is 5.75 Å². The number of methoxy groups -OCH3 is 1. The Balaban J connectivity index is 1.37. The molecule has 1 aromatic heterocycles. The first-order chi connectivity index (χ1) is 14.5. The molecule has 7 nitrogen and oxygen atoms in total. The van der Waals surface area contributed by atoms with Crippen LogP contribution < -0.4 is 10.4 Å². The summed E-state index contributed by atoms with van der Waals surface area (Å²) in [6.07, 6.45) is 3.74. The zero-order valence-electron chi connectivity index (χ0n) is 17.6. The predicted molar refractivity (Wildman–Crippen MR) is 113 cm³/mol. The monoisotopic (exact) mass is 412 g/mol. The van der Waals surface area contributed by atoms with E-state index in [4.69, 9.17) is 9.15 Å². The topological polar surface area (TPSA) is 80.1 Å². The highest BCUT2D eigenvalue weighted by Crippen LogP contribution is 2.29. The molecule has 2 amide bonds. The molecule has 0 unspecified atom stereocenters. The van der Waals surface area contributed by atoms with E-state index in [1.807, 2.05) is 24.0 Å². The fourth-order valence-corrected chi connectivity index (χ4v) is 4.27. The molecule has 0 bridgehead atoms. The maximum absolute atomic E-state index is 12.7. The highest BCUT2D eigenvalue weighted by molar-refractivity contribution is 5.83. The van der Waals surface area contributed by atoms with E-state index in [9.17, 15) is 14.4 Å². The van der Waals surface area contributed by atoms with Gasteiger partial charge in [0, 0.05) is 55.5 Å². The van der Waals surface area contributed by atoms with Gasteiger partial charge >= 0.3 is 5.63 Å². The Labute approximate surface area is 175 Å². The van der Waals surface area contributed by atoms with Gasteiger partial charge in [-0.3, -0.25) is 9.59 Å². The second kappa shape index (κ2) is 8.50. The van der Waals surface area contributed by atoms with Crippen LogP contribution in [0.15, 0.2) is 27.4 Å². The first-order valence-corrected chi connectivity index (χ1v) is 10.6. The molecule has 0 spiro atoms. The van der Waals surface area contributed by atoms with Crippen LogP contribution in [0.1, 0.15) is 36.8 Å². The van der Waals surface area contributed by atoms with Crippen molar-refractivity contribution >= 4 is 22.8 Å². The lowest BCUT2D eigenvalue weighted by atomic mass is 9.84. The molecule has 2 fully saturated rings. The number of piperazine rings is 1. The second-order valence-corrected chi connectivity index (χ2v) is 8.19. The van der Waals surface area contributed by atoms with Gasteiger partial charge in [-0.2, -0.15) is 0 Å². The van der Waals surface area contributed by atoms with Crippen LogP contribution in [0, 0.1) is 12.8 Å². The fraction of sp³-hybridized carbons (Fsp3) is 0.522. The van der Waals surface area contributed by atoms with Crippen molar-refractivity contribution in [3.05, 3.63) is 39.7 Å². The van der Waals surface area contributed by atoms with Crippen molar-refractivity contribution in [2.75, 3.05) is 33.3 Å². The Morgan fingerprint density at radius 1 is 1.13 bits per heavy atom. The molecule has 0 N–H and O–H groups in total. The van der Waals surface area contributed by atoms with E-state index in [0.29, 0.717) is 49.5 Å². The number of benzene rings is 1. The molecule has 30 heavy (non-hydrogen) atoms.